The van der Waals surface area contributed by atoms with Crippen LogP contribution in [0.1, 0.15) is 18.5 Å². The Hall–Kier alpha value is -0.870. The van der Waals surface area contributed by atoms with Crippen LogP contribution in [0.3, 0.4) is 0 Å². The molecule has 0 spiro atoms. The first kappa shape index (κ1) is 8.72. The van der Waals surface area contributed by atoms with Crippen molar-refractivity contribution >= 4 is 0 Å². The van der Waals surface area contributed by atoms with Gasteiger partial charge in [0.2, 0.25) is 0 Å². The summed E-state index contributed by atoms with van der Waals surface area (Å²) in [6, 6.07) is 1.87. The third kappa shape index (κ3) is 1.59. The lowest BCUT2D eigenvalue weighted by atomic mass is 9.91. The van der Waals surface area contributed by atoms with Gasteiger partial charge in [-0.05, 0) is 6.07 Å². The highest BCUT2D eigenvalue weighted by molar-refractivity contribution is 5.11. The van der Waals surface area contributed by atoms with Crippen molar-refractivity contribution in [1.29, 1.82) is 0 Å². The van der Waals surface area contributed by atoms with Gasteiger partial charge in [0.25, 0.3) is 0 Å². The minimum Gasteiger partial charge on any atom is -0.383 e. The van der Waals surface area contributed by atoms with E-state index in [2.05, 4.69) is 5.10 Å². The molecule has 0 atom stereocenters. The van der Waals surface area contributed by atoms with Crippen molar-refractivity contribution in [3.63, 3.8) is 0 Å². The average Bonchev–Trinajstić information content (AvgIpc) is 2.54. The Morgan fingerprint density at radius 1 is 1.54 bits per heavy atom. The Kier molecular flexibility index (Phi) is 2.09. The molecule has 4 heteroatoms. The van der Waals surface area contributed by atoms with E-state index in [1.807, 2.05) is 19.3 Å². The fourth-order valence-corrected chi connectivity index (χ4v) is 1.63. The lowest BCUT2D eigenvalue weighted by molar-refractivity contribution is -0.0707. The first-order chi connectivity index (χ1) is 6.21. The fourth-order valence-electron chi connectivity index (χ4n) is 1.63. The van der Waals surface area contributed by atoms with E-state index in [4.69, 9.17) is 4.74 Å². The summed E-state index contributed by atoms with van der Waals surface area (Å²) in [5.41, 5.74) is -0.00206. The van der Waals surface area contributed by atoms with Crippen LogP contribution in [0.15, 0.2) is 12.3 Å². The molecular weight excluding hydrogens is 168 g/mol. The second-order valence-corrected chi connectivity index (χ2v) is 3.52. The number of aliphatic hydroxyl groups is 1. The van der Waals surface area contributed by atoms with Crippen LogP contribution in [0.2, 0.25) is 0 Å². The summed E-state index contributed by atoms with van der Waals surface area (Å²) in [4.78, 5) is 0. The number of nitrogens with zero attached hydrogens (tertiary/aromatic N) is 2. The van der Waals surface area contributed by atoms with Crippen LogP contribution in [-0.2, 0) is 17.4 Å². The first-order valence-electron chi connectivity index (χ1n) is 4.51. The maximum atomic E-state index is 10.2. The van der Waals surface area contributed by atoms with Crippen LogP contribution in [0.4, 0.5) is 0 Å². The van der Waals surface area contributed by atoms with Crippen LogP contribution in [0.25, 0.3) is 0 Å². The predicted molar refractivity (Wildman–Crippen MR) is 47.2 cm³/mol. The molecule has 1 aliphatic rings. The highest BCUT2D eigenvalue weighted by atomic mass is 16.5. The van der Waals surface area contributed by atoms with Crippen LogP contribution in [0, 0.1) is 0 Å². The van der Waals surface area contributed by atoms with Gasteiger partial charge in [-0.2, -0.15) is 5.10 Å². The van der Waals surface area contributed by atoms with E-state index in [0.29, 0.717) is 26.1 Å². The normalized spacial score (nSPS) is 21.7. The van der Waals surface area contributed by atoms with Gasteiger partial charge in [-0.15, -0.1) is 0 Å². The highest BCUT2D eigenvalue weighted by Crippen LogP contribution is 2.30. The maximum absolute atomic E-state index is 10.2. The topological polar surface area (TPSA) is 47.3 Å². The molecule has 1 fully saturated rings. The molecule has 1 saturated heterocycles. The number of hydrogen-bond acceptors (Lipinski definition) is 3. The zero-order valence-electron chi connectivity index (χ0n) is 7.73. The van der Waals surface area contributed by atoms with Gasteiger partial charge in [0.15, 0.2) is 0 Å². The van der Waals surface area contributed by atoms with Crippen molar-refractivity contribution < 1.29 is 9.84 Å². The van der Waals surface area contributed by atoms with Crippen molar-refractivity contribution in [3.05, 3.63) is 18.0 Å². The highest BCUT2D eigenvalue weighted by Gasteiger charge is 2.33. The fraction of sp³-hybridized carbons (Fsp3) is 0.667. The molecule has 1 aromatic rings. The van der Waals surface area contributed by atoms with Crippen LogP contribution < -0.4 is 0 Å². The van der Waals surface area contributed by atoms with Gasteiger partial charge in [-0.25, -0.2) is 0 Å². The van der Waals surface area contributed by atoms with E-state index in [9.17, 15) is 5.11 Å². The molecule has 0 unspecified atom stereocenters. The minimum atomic E-state index is -0.764. The van der Waals surface area contributed by atoms with E-state index in [1.165, 1.54) is 0 Å². The second kappa shape index (κ2) is 3.12. The summed E-state index contributed by atoms with van der Waals surface area (Å²) in [5.74, 6) is 0. The Morgan fingerprint density at radius 3 is 2.77 bits per heavy atom. The molecule has 1 N–H and O–H groups in total. The Labute approximate surface area is 77.1 Å². The van der Waals surface area contributed by atoms with E-state index in [0.717, 1.165) is 5.69 Å². The first-order valence-corrected chi connectivity index (χ1v) is 4.51. The van der Waals surface area contributed by atoms with E-state index in [-0.39, 0.29) is 0 Å². The van der Waals surface area contributed by atoms with Gasteiger partial charge in [-0.3, -0.25) is 4.68 Å². The molecule has 1 aromatic heterocycles. The second-order valence-electron chi connectivity index (χ2n) is 3.52. The summed E-state index contributed by atoms with van der Waals surface area (Å²) in [7, 11) is 1.85. The summed E-state index contributed by atoms with van der Waals surface area (Å²) < 4.78 is 6.91. The molecule has 0 saturated carbocycles. The lowest BCUT2D eigenvalue weighted by Crippen LogP contribution is -2.33. The van der Waals surface area contributed by atoms with Gasteiger partial charge in [-0.1, -0.05) is 0 Å². The summed E-state index contributed by atoms with van der Waals surface area (Å²) in [5, 5.41) is 14.4. The summed E-state index contributed by atoms with van der Waals surface area (Å²) in [6.07, 6.45) is 3.14. The number of aromatic nitrogens is 2. The van der Waals surface area contributed by atoms with Gasteiger partial charge in [0, 0.05) is 39.3 Å². The Morgan fingerprint density at radius 2 is 2.23 bits per heavy atom. The third-order valence-corrected chi connectivity index (χ3v) is 2.51. The molecule has 0 aromatic carbocycles. The standard InChI is InChI=1S/C9H14N2O2/c1-11-5-2-8(10-11)9(12)3-6-13-7-4-9/h2,5,12H,3-4,6-7H2,1H3. The molecule has 0 aliphatic carbocycles. The molecule has 72 valence electrons. The molecule has 0 radical (unpaired) electrons. The van der Waals surface area contributed by atoms with Gasteiger partial charge in [0.1, 0.15) is 5.60 Å². The van der Waals surface area contributed by atoms with Crippen molar-refractivity contribution in [3.8, 4) is 0 Å². The molecule has 0 amide bonds. The average molecular weight is 182 g/mol. The maximum Gasteiger partial charge on any atom is 0.113 e. The lowest BCUT2D eigenvalue weighted by Gasteiger charge is -2.30. The van der Waals surface area contributed by atoms with Crippen LogP contribution in [-0.4, -0.2) is 28.1 Å². The molecule has 0 bridgehead atoms. The predicted octanol–water partition coefficient (Wildman–Crippen LogP) is 0.418. The summed E-state index contributed by atoms with van der Waals surface area (Å²) in [6.45, 7) is 1.24. The van der Waals surface area contributed by atoms with Gasteiger partial charge < -0.3 is 9.84 Å². The third-order valence-electron chi connectivity index (χ3n) is 2.51. The molecular formula is C9H14N2O2. The number of ether oxygens (including phenoxy) is 1. The number of rotatable bonds is 1. The molecule has 13 heavy (non-hydrogen) atoms. The number of hydrogen-bond donors (Lipinski definition) is 1. The Bertz CT molecular complexity index is 290. The van der Waals surface area contributed by atoms with Crippen molar-refractivity contribution in [2.45, 2.75) is 18.4 Å². The SMILES string of the molecule is Cn1ccc(C2(O)CCOCC2)n1. The van der Waals surface area contributed by atoms with Crippen molar-refractivity contribution in [2.24, 2.45) is 7.05 Å². The van der Waals surface area contributed by atoms with Gasteiger partial charge >= 0.3 is 0 Å². The molecule has 2 heterocycles. The van der Waals surface area contributed by atoms with Crippen LogP contribution >= 0.6 is 0 Å². The molecule has 1 aliphatic heterocycles. The zero-order valence-corrected chi connectivity index (χ0v) is 7.73. The van der Waals surface area contributed by atoms with E-state index < -0.39 is 5.60 Å². The molecule has 4 nitrogen and oxygen atoms in total. The van der Waals surface area contributed by atoms with Crippen LogP contribution in [0.5, 0.6) is 0 Å². The van der Waals surface area contributed by atoms with Crippen molar-refractivity contribution in [2.75, 3.05) is 13.2 Å². The molecule has 2 rings (SSSR count). The van der Waals surface area contributed by atoms with Gasteiger partial charge in [0.05, 0.1) is 5.69 Å². The van der Waals surface area contributed by atoms with E-state index >= 15 is 0 Å². The van der Waals surface area contributed by atoms with Crippen molar-refractivity contribution in [1.82, 2.24) is 9.78 Å². The smallest absolute Gasteiger partial charge is 0.113 e. The van der Waals surface area contributed by atoms with E-state index in [1.54, 1.807) is 4.68 Å². The summed E-state index contributed by atoms with van der Waals surface area (Å²) >= 11 is 0. The largest absolute Gasteiger partial charge is 0.383 e. The quantitative estimate of drug-likeness (QED) is 0.684. The zero-order chi connectivity index (χ0) is 9.31. The Balaban J connectivity index is 2.22. The number of aryl methyl sites for hydroxylation is 1. The minimum absolute atomic E-state index is 0.618. The monoisotopic (exact) mass is 182 g/mol.